The van der Waals surface area contributed by atoms with Gasteiger partial charge >= 0.3 is 6.09 Å². The van der Waals surface area contributed by atoms with Gasteiger partial charge in [-0.25, -0.2) is 9.78 Å². The van der Waals surface area contributed by atoms with Gasteiger partial charge < -0.3 is 19.9 Å². The fraction of sp³-hybridized carbons (Fsp3) is 0.529. The van der Waals surface area contributed by atoms with Crippen LogP contribution in [0.5, 0.6) is 0 Å². The van der Waals surface area contributed by atoms with Gasteiger partial charge in [-0.05, 0) is 44.4 Å². The first-order valence-corrected chi connectivity index (χ1v) is 8.28. The highest BCUT2D eigenvalue weighted by molar-refractivity contribution is 6.31. The zero-order chi connectivity index (χ0) is 16.4. The van der Waals surface area contributed by atoms with E-state index < -0.39 is 0 Å². The number of nitrogens with one attached hydrogen (secondary N) is 2. The standard InChI is InChI=1S/C16H21ClN4O2.CH4/c1-3-23-16(22)21-6-4-12(5-7-21)18-15-19-13-9-11(17)8-10(2)14(13)20-15;/h8-9,12H,3-7H2,1-2H3,(H2,18,19,20);1H4. The van der Waals surface area contributed by atoms with Crippen molar-refractivity contribution in [2.45, 2.75) is 40.2 Å². The lowest BCUT2D eigenvalue weighted by Gasteiger charge is -2.31. The van der Waals surface area contributed by atoms with Gasteiger partial charge in [-0.1, -0.05) is 19.0 Å². The van der Waals surface area contributed by atoms with Gasteiger partial charge in [0.2, 0.25) is 5.95 Å². The number of fused-ring (bicyclic) bond motifs is 1. The number of carbonyl (C=O) groups is 1. The minimum Gasteiger partial charge on any atom is -0.450 e. The Hall–Kier alpha value is -1.95. The minimum atomic E-state index is -0.222. The smallest absolute Gasteiger partial charge is 0.409 e. The number of hydrogen-bond donors (Lipinski definition) is 2. The van der Waals surface area contributed by atoms with E-state index in [4.69, 9.17) is 16.3 Å². The van der Waals surface area contributed by atoms with Crippen LogP contribution in [0.3, 0.4) is 0 Å². The number of nitrogens with zero attached hydrogens (tertiary/aromatic N) is 2. The first-order valence-electron chi connectivity index (χ1n) is 7.91. The molecular formula is C17H25ClN4O2. The van der Waals surface area contributed by atoms with Crippen LogP contribution in [-0.4, -0.2) is 46.7 Å². The summed E-state index contributed by atoms with van der Waals surface area (Å²) in [7, 11) is 0. The Morgan fingerprint density at radius 3 is 2.83 bits per heavy atom. The second-order valence-corrected chi connectivity index (χ2v) is 6.25. The molecule has 1 aliphatic heterocycles. The molecule has 0 radical (unpaired) electrons. The highest BCUT2D eigenvalue weighted by Crippen LogP contribution is 2.24. The number of rotatable bonds is 3. The lowest BCUT2D eigenvalue weighted by atomic mass is 10.1. The van der Waals surface area contributed by atoms with E-state index in [0.717, 1.165) is 35.4 Å². The van der Waals surface area contributed by atoms with Crippen LogP contribution in [0.1, 0.15) is 32.8 Å². The van der Waals surface area contributed by atoms with Crippen LogP contribution in [0.15, 0.2) is 12.1 Å². The monoisotopic (exact) mass is 352 g/mol. The summed E-state index contributed by atoms with van der Waals surface area (Å²) in [6.07, 6.45) is 1.52. The molecule has 0 bridgehead atoms. The van der Waals surface area contributed by atoms with E-state index in [9.17, 15) is 4.79 Å². The molecule has 24 heavy (non-hydrogen) atoms. The number of carbonyl (C=O) groups excluding carboxylic acids is 1. The average molecular weight is 353 g/mol. The van der Waals surface area contributed by atoms with Crippen molar-refractivity contribution in [3.8, 4) is 0 Å². The van der Waals surface area contributed by atoms with E-state index >= 15 is 0 Å². The molecule has 0 unspecified atom stereocenters. The summed E-state index contributed by atoms with van der Waals surface area (Å²) in [5.74, 6) is 0.750. The summed E-state index contributed by atoms with van der Waals surface area (Å²) in [5.41, 5.74) is 2.91. The van der Waals surface area contributed by atoms with Crippen molar-refractivity contribution in [2.24, 2.45) is 0 Å². The van der Waals surface area contributed by atoms with Crippen LogP contribution in [0.2, 0.25) is 5.02 Å². The Morgan fingerprint density at radius 2 is 2.17 bits per heavy atom. The molecule has 132 valence electrons. The van der Waals surface area contributed by atoms with E-state index in [1.165, 1.54) is 0 Å². The van der Waals surface area contributed by atoms with E-state index in [-0.39, 0.29) is 19.6 Å². The first kappa shape index (κ1) is 18.4. The van der Waals surface area contributed by atoms with Gasteiger partial charge in [-0.2, -0.15) is 0 Å². The Bertz CT molecular complexity index is 708. The summed E-state index contributed by atoms with van der Waals surface area (Å²) in [6, 6.07) is 4.08. The third-order valence-electron chi connectivity index (χ3n) is 4.10. The van der Waals surface area contributed by atoms with Crippen molar-refractivity contribution in [3.63, 3.8) is 0 Å². The molecular weight excluding hydrogens is 328 g/mol. The third-order valence-corrected chi connectivity index (χ3v) is 4.32. The number of likely N-dealkylation sites (tertiary alicyclic amines) is 1. The molecule has 0 saturated carbocycles. The number of H-pyrrole nitrogens is 1. The van der Waals surface area contributed by atoms with Crippen molar-refractivity contribution in [3.05, 3.63) is 22.7 Å². The molecule has 0 spiro atoms. The number of imidazole rings is 1. The number of aromatic nitrogens is 2. The largest absolute Gasteiger partial charge is 0.450 e. The van der Waals surface area contributed by atoms with Crippen molar-refractivity contribution in [2.75, 3.05) is 25.0 Å². The van der Waals surface area contributed by atoms with Gasteiger partial charge in [0.25, 0.3) is 0 Å². The van der Waals surface area contributed by atoms with Gasteiger partial charge in [0.1, 0.15) is 0 Å². The van der Waals surface area contributed by atoms with Crippen molar-refractivity contribution in [1.29, 1.82) is 0 Å². The maximum atomic E-state index is 11.7. The first-order chi connectivity index (χ1) is 11.1. The highest BCUT2D eigenvalue weighted by atomic mass is 35.5. The Balaban J connectivity index is 0.00000208. The van der Waals surface area contributed by atoms with Gasteiger partial charge in [0.15, 0.2) is 0 Å². The quantitative estimate of drug-likeness (QED) is 0.868. The molecule has 1 fully saturated rings. The van der Waals surface area contributed by atoms with Crippen LogP contribution in [-0.2, 0) is 4.74 Å². The summed E-state index contributed by atoms with van der Waals surface area (Å²) < 4.78 is 5.03. The fourth-order valence-electron chi connectivity index (χ4n) is 2.93. The molecule has 1 aromatic heterocycles. The van der Waals surface area contributed by atoms with E-state index in [2.05, 4.69) is 15.3 Å². The van der Waals surface area contributed by atoms with Crippen molar-refractivity contribution < 1.29 is 9.53 Å². The SMILES string of the molecule is C.CCOC(=O)N1CCC(Nc2nc3c(C)cc(Cl)cc3[nH]2)CC1. The Labute approximate surface area is 147 Å². The number of benzene rings is 1. The predicted octanol–water partition coefficient (Wildman–Crippen LogP) is 4.19. The molecule has 3 rings (SSSR count). The summed E-state index contributed by atoms with van der Waals surface area (Å²) in [5, 5.41) is 4.12. The molecule has 6 nitrogen and oxygen atoms in total. The van der Waals surface area contributed by atoms with Gasteiger partial charge in [0.05, 0.1) is 17.6 Å². The Kier molecular flexibility index (Phi) is 5.94. The highest BCUT2D eigenvalue weighted by Gasteiger charge is 2.24. The molecule has 1 aliphatic rings. The lowest BCUT2D eigenvalue weighted by Crippen LogP contribution is -2.42. The molecule has 1 aromatic carbocycles. The fourth-order valence-corrected chi connectivity index (χ4v) is 3.20. The van der Waals surface area contributed by atoms with Crippen LogP contribution >= 0.6 is 11.6 Å². The average Bonchev–Trinajstić information content (AvgIpc) is 2.91. The van der Waals surface area contributed by atoms with Gasteiger partial charge in [-0.15, -0.1) is 0 Å². The van der Waals surface area contributed by atoms with Crippen LogP contribution in [0, 0.1) is 6.92 Å². The van der Waals surface area contributed by atoms with E-state index in [0.29, 0.717) is 24.7 Å². The van der Waals surface area contributed by atoms with Crippen molar-refractivity contribution in [1.82, 2.24) is 14.9 Å². The molecule has 1 saturated heterocycles. The lowest BCUT2D eigenvalue weighted by molar-refractivity contribution is 0.0983. The number of hydrogen-bond acceptors (Lipinski definition) is 4. The van der Waals surface area contributed by atoms with Gasteiger partial charge in [0, 0.05) is 24.2 Å². The van der Waals surface area contributed by atoms with Crippen molar-refractivity contribution >= 4 is 34.7 Å². The zero-order valence-corrected chi connectivity index (χ0v) is 14.1. The minimum absolute atomic E-state index is 0. The van der Waals surface area contributed by atoms with E-state index in [1.807, 2.05) is 26.0 Å². The summed E-state index contributed by atoms with van der Waals surface area (Å²) >= 11 is 6.08. The predicted molar refractivity (Wildman–Crippen MR) is 97.8 cm³/mol. The molecule has 1 amide bonds. The normalized spacial score (nSPS) is 15.2. The second-order valence-electron chi connectivity index (χ2n) is 5.81. The van der Waals surface area contributed by atoms with Crippen LogP contribution in [0.25, 0.3) is 11.0 Å². The van der Waals surface area contributed by atoms with Gasteiger partial charge in [-0.3, -0.25) is 0 Å². The molecule has 2 aromatic rings. The molecule has 2 heterocycles. The maximum absolute atomic E-state index is 11.7. The van der Waals surface area contributed by atoms with Crippen LogP contribution < -0.4 is 5.32 Å². The second kappa shape index (κ2) is 7.75. The number of aryl methyl sites for hydroxylation is 1. The number of anilines is 1. The summed E-state index contributed by atoms with van der Waals surface area (Å²) in [4.78, 5) is 21.3. The third kappa shape index (κ3) is 3.93. The summed E-state index contributed by atoms with van der Waals surface area (Å²) in [6.45, 7) is 5.62. The number of amides is 1. The maximum Gasteiger partial charge on any atom is 0.409 e. The number of aromatic amines is 1. The number of halogens is 1. The molecule has 0 atom stereocenters. The molecule has 0 aliphatic carbocycles. The number of piperidine rings is 1. The Morgan fingerprint density at radius 1 is 1.46 bits per heavy atom. The topological polar surface area (TPSA) is 70.2 Å². The van der Waals surface area contributed by atoms with E-state index in [1.54, 1.807) is 4.90 Å². The number of ether oxygens (including phenoxy) is 1. The van der Waals surface area contributed by atoms with Crippen LogP contribution in [0.4, 0.5) is 10.7 Å². The zero-order valence-electron chi connectivity index (χ0n) is 13.4. The molecule has 2 N–H and O–H groups in total. The molecule has 7 heteroatoms.